The molecule has 0 aliphatic carbocycles. The maximum Gasteiger partial charge on any atom is 0.256 e. The Labute approximate surface area is 120 Å². The number of nitrogens with one attached hydrogen (secondary N) is 1. The molecule has 0 fully saturated rings. The van der Waals surface area contributed by atoms with Crippen LogP contribution >= 0.6 is 0 Å². The number of methoxy groups -OCH3 is 1. The van der Waals surface area contributed by atoms with Gasteiger partial charge in [0.25, 0.3) is 5.91 Å². The molecule has 1 N–H and O–H groups in total. The number of unbranched alkanes of at least 4 members (excludes halogenated alkanes) is 1. The van der Waals surface area contributed by atoms with E-state index in [4.69, 9.17) is 9.47 Å². The summed E-state index contributed by atoms with van der Waals surface area (Å²) >= 11 is 0. The molecule has 5 heteroatoms. The normalized spacial score (nSPS) is 13.6. The summed E-state index contributed by atoms with van der Waals surface area (Å²) in [5.74, 6) is 0.394. The van der Waals surface area contributed by atoms with Crippen molar-refractivity contribution in [1.29, 1.82) is 0 Å². The van der Waals surface area contributed by atoms with Gasteiger partial charge in [-0.05, 0) is 25.8 Å². The first-order valence-corrected chi connectivity index (χ1v) is 7.01. The summed E-state index contributed by atoms with van der Waals surface area (Å²) in [5.41, 5.74) is -0.189. The summed E-state index contributed by atoms with van der Waals surface area (Å²) in [4.78, 5) is 16.3. The van der Waals surface area contributed by atoms with Crippen LogP contribution in [-0.4, -0.2) is 30.2 Å². The van der Waals surface area contributed by atoms with Crippen LogP contribution in [0.2, 0.25) is 0 Å². The third kappa shape index (κ3) is 4.49. The number of hydrogen-bond acceptors (Lipinski definition) is 4. The number of carbonyl (C=O) groups excluding carboxylic acids is 1. The highest BCUT2D eigenvalue weighted by atomic mass is 16.5. The topological polar surface area (TPSA) is 60.5 Å². The van der Waals surface area contributed by atoms with Crippen molar-refractivity contribution in [2.75, 3.05) is 19.0 Å². The molecule has 112 valence electrons. The molecule has 0 bridgehead atoms. The standard InChI is InChI=1S/C15H24N2O3/c1-5-7-10-20-13-9-8-12(11-16-13)17-14(18)15(3,6-2)19-4/h8-9,11H,5-7,10H2,1-4H3,(H,17,18)/t15-/m1/s1. The number of anilines is 1. The minimum Gasteiger partial charge on any atom is -0.478 e. The van der Waals surface area contributed by atoms with Crippen molar-refractivity contribution in [3.8, 4) is 5.88 Å². The monoisotopic (exact) mass is 280 g/mol. The van der Waals surface area contributed by atoms with Gasteiger partial charge in [0.2, 0.25) is 5.88 Å². The fourth-order valence-electron chi connectivity index (χ4n) is 1.52. The zero-order valence-electron chi connectivity index (χ0n) is 12.7. The minimum absolute atomic E-state index is 0.177. The molecule has 1 heterocycles. The van der Waals surface area contributed by atoms with Gasteiger partial charge < -0.3 is 14.8 Å². The molecule has 0 unspecified atom stereocenters. The lowest BCUT2D eigenvalue weighted by molar-refractivity contribution is -0.136. The van der Waals surface area contributed by atoms with Crippen molar-refractivity contribution in [2.45, 2.75) is 45.6 Å². The Morgan fingerprint density at radius 2 is 2.15 bits per heavy atom. The van der Waals surface area contributed by atoms with Gasteiger partial charge in [-0.3, -0.25) is 4.79 Å². The van der Waals surface area contributed by atoms with Crippen molar-refractivity contribution in [2.24, 2.45) is 0 Å². The van der Waals surface area contributed by atoms with E-state index < -0.39 is 5.60 Å². The maximum atomic E-state index is 12.1. The molecule has 0 saturated carbocycles. The van der Waals surface area contributed by atoms with Gasteiger partial charge in [0, 0.05) is 13.2 Å². The van der Waals surface area contributed by atoms with Crippen LogP contribution in [0.4, 0.5) is 5.69 Å². The van der Waals surface area contributed by atoms with Crippen molar-refractivity contribution < 1.29 is 14.3 Å². The van der Waals surface area contributed by atoms with Gasteiger partial charge in [-0.2, -0.15) is 0 Å². The number of amides is 1. The first-order chi connectivity index (χ1) is 9.55. The Morgan fingerprint density at radius 3 is 2.65 bits per heavy atom. The van der Waals surface area contributed by atoms with E-state index >= 15 is 0 Å². The van der Waals surface area contributed by atoms with Crippen molar-refractivity contribution in [1.82, 2.24) is 4.98 Å². The summed E-state index contributed by atoms with van der Waals surface area (Å²) in [6, 6.07) is 3.53. The molecule has 5 nitrogen and oxygen atoms in total. The highest BCUT2D eigenvalue weighted by molar-refractivity contribution is 5.96. The number of hydrogen-bond donors (Lipinski definition) is 1. The second-order valence-corrected chi connectivity index (χ2v) is 4.83. The molecule has 1 amide bonds. The Balaban J connectivity index is 2.59. The lowest BCUT2D eigenvalue weighted by atomic mass is 10.0. The van der Waals surface area contributed by atoms with E-state index in [0.29, 0.717) is 24.6 Å². The van der Waals surface area contributed by atoms with Crippen LogP contribution in [0.25, 0.3) is 0 Å². The molecular formula is C15H24N2O3. The quantitative estimate of drug-likeness (QED) is 0.744. The number of carbonyl (C=O) groups is 1. The van der Waals surface area contributed by atoms with Gasteiger partial charge in [-0.25, -0.2) is 4.98 Å². The number of nitrogens with zero attached hydrogens (tertiary/aromatic N) is 1. The van der Waals surface area contributed by atoms with Gasteiger partial charge in [0.05, 0.1) is 18.5 Å². The SMILES string of the molecule is CCCCOc1ccc(NC(=O)[C@@](C)(CC)OC)cn1. The second-order valence-electron chi connectivity index (χ2n) is 4.83. The number of ether oxygens (including phenoxy) is 2. The maximum absolute atomic E-state index is 12.1. The van der Waals surface area contributed by atoms with Crippen LogP contribution in [0.1, 0.15) is 40.0 Å². The van der Waals surface area contributed by atoms with E-state index in [0.717, 1.165) is 12.8 Å². The molecule has 1 aromatic heterocycles. The van der Waals surface area contributed by atoms with Crippen molar-refractivity contribution in [3.63, 3.8) is 0 Å². The first-order valence-electron chi connectivity index (χ1n) is 7.01. The highest BCUT2D eigenvalue weighted by Crippen LogP contribution is 2.18. The van der Waals surface area contributed by atoms with E-state index in [-0.39, 0.29) is 5.91 Å². The fraction of sp³-hybridized carbons (Fsp3) is 0.600. The van der Waals surface area contributed by atoms with E-state index in [1.54, 1.807) is 25.3 Å². The van der Waals surface area contributed by atoms with Crippen LogP contribution < -0.4 is 10.1 Å². The highest BCUT2D eigenvalue weighted by Gasteiger charge is 2.30. The Hall–Kier alpha value is -1.62. The number of aromatic nitrogens is 1. The van der Waals surface area contributed by atoms with Crippen LogP contribution in [0.15, 0.2) is 18.3 Å². The second kappa shape index (κ2) is 7.85. The third-order valence-corrected chi connectivity index (χ3v) is 3.35. The largest absolute Gasteiger partial charge is 0.478 e. The molecule has 0 radical (unpaired) electrons. The summed E-state index contributed by atoms with van der Waals surface area (Å²) in [6.07, 6.45) is 4.27. The molecule has 0 aromatic carbocycles. The molecule has 1 atom stereocenters. The zero-order valence-corrected chi connectivity index (χ0v) is 12.7. The average molecular weight is 280 g/mol. The van der Waals surface area contributed by atoms with Gasteiger partial charge in [-0.15, -0.1) is 0 Å². The number of pyridine rings is 1. The van der Waals surface area contributed by atoms with Crippen LogP contribution in [0, 0.1) is 0 Å². The molecular weight excluding hydrogens is 256 g/mol. The zero-order chi connectivity index (χ0) is 15.0. The summed E-state index contributed by atoms with van der Waals surface area (Å²) in [5, 5.41) is 2.80. The molecule has 0 spiro atoms. The van der Waals surface area contributed by atoms with Crippen LogP contribution in [-0.2, 0) is 9.53 Å². The van der Waals surface area contributed by atoms with E-state index in [1.807, 2.05) is 6.92 Å². The Kier molecular flexibility index (Phi) is 6.45. The molecule has 1 rings (SSSR count). The predicted molar refractivity (Wildman–Crippen MR) is 79.0 cm³/mol. The fourth-order valence-corrected chi connectivity index (χ4v) is 1.52. The summed E-state index contributed by atoms with van der Waals surface area (Å²) in [6.45, 7) is 6.44. The van der Waals surface area contributed by atoms with Crippen LogP contribution in [0.5, 0.6) is 5.88 Å². The molecule has 1 aromatic rings. The summed E-state index contributed by atoms with van der Waals surface area (Å²) in [7, 11) is 1.53. The predicted octanol–water partition coefficient (Wildman–Crippen LogP) is 3.01. The van der Waals surface area contributed by atoms with Gasteiger partial charge in [-0.1, -0.05) is 20.3 Å². The molecule has 20 heavy (non-hydrogen) atoms. The van der Waals surface area contributed by atoms with E-state index in [9.17, 15) is 4.79 Å². The Bertz CT molecular complexity index is 414. The van der Waals surface area contributed by atoms with Crippen molar-refractivity contribution in [3.05, 3.63) is 18.3 Å². The van der Waals surface area contributed by atoms with Gasteiger partial charge >= 0.3 is 0 Å². The summed E-state index contributed by atoms with van der Waals surface area (Å²) < 4.78 is 10.7. The minimum atomic E-state index is -0.823. The smallest absolute Gasteiger partial charge is 0.256 e. The molecule has 0 aliphatic heterocycles. The van der Waals surface area contributed by atoms with Gasteiger partial charge in [0.1, 0.15) is 5.60 Å². The lowest BCUT2D eigenvalue weighted by Gasteiger charge is -2.25. The average Bonchev–Trinajstić information content (AvgIpc) is 2.48. The lowest BCUT2D eigenvalue weighted by Crippen LogP contribution is -2.41. The van der Waals surface area contributed by atoms with Gasteiger partial charge in [0.15, 0.2) is 0 Å². The molecule has 0 aliphatic rings. The van der Waals surface area contributed by atoms with E-state index in [1.165, 1.54) is 7.11 Å². The van der Waals surface area contributed by atoms with E-state index in [2.05, 4.69) is 17.2 Å². The molecule has 0 saturated heterocycles. The van der Waals surface area contributed by atoms with Crippen molar-refractivity contribution >= 4 is 11.6 Å². The van der Waals surface area contributed by atoms with Crippen LogP contribution in [0.3, 0.4) is 0 Å². The Morgan fingerprint density at radius 1 is 1.40 bits per heavy atom. The first kappa shape index (κ1) is 16.4. The third-order valence-electron chi connectivity index (χ3n) is 3.35. The number of rotatable bonds is 8.